The minimum atomic E-state index is 0.562. The van der Waals surface area contributed by atoms with Crippen LogP contribution in [0.15, 0.2) is 18.2 Å². The molecule has 4 heteroatoms. The van der Waals surface area contributed by atoms with Crippen molar-refractivity contribution < 1.29 is 0 Å². The van der Waals surface area contributed by atoms with E-state index in [1.165, 1.54) is 37.7 Å². The van der Waals surface area contributed by atoms with Crippen molar-refractivity contribution in [2.75, 3.05) is 5.43 Å². The zero-order chi connectivity index (χ0) is 14.1. The summed E-state index contributed by atoms with van der Waals surface area (Å²) in [6, 6.07) is 6.23. The Kier molecular flexibility index (Phi) is 3.81. The molecular formula is C16H20ClN3. The van der Waals surface area contributed by atoms with Gasteiger partial charge in [0.05, 0.1) is 5.52 Å². The Morgan fingerprint density at radius 3 is 2.65 bits per heavy atom. The standard InChI is InChI=1S/C16H20ClN3/c1-10-7-15-12(9-14(10)17)8-13(16(19-15)20-18)11-5-3-2-4-6-11/h7-9,11H,2-6,18H2,1H3,(H,19,20). The maximum atomic E-state index is 6.23. The smallest absolute Gasteiger partial charge is 0.144 e. The number of nitrogens with one attached hydrogen (secondary N) is 1. The van der Waals surface area contributed by atoms with Gasteiger partial charge in [0.1, 0.15) is 5.82 Å². The fourth-order valence-corrected chi connectivity index (χ4v) is 3.33. The molecule has 0 saturated heterocycles. The van der Waals surface area contributed by atoms with E-state index < -0.39 is 0 Å². The van der Waals surface area contributed by atoms with Crippen LogP contribution in [0.1, 0.15) is 49.1 Å². The SMILES string of the molecule is Cc1cc2nc(NN)c(C3CCCCC3)cc2cc1Cl. The van der Waals surface area contributed by atoms with Crippen LogP contribution in [-0.2, 0) is 0 Å². The lowest BCUT2D eigenvalue weighted by Gasteiger charge is -2.24. The third kappa shape index (κ3) is 2.48. The van der Waals surface area contributed by atoms with Crippen molar-refractivity contribution in [1.82, 2.24) is 4.98 Å². The molecule has 0 atom stereocenters. The van der Waals surface area contributed by atoms with Crippen LogP contribution < -0.4 is 11.3 Å². The first-order valence-electron chi connectivity index (χ1n) is 7.26. The van der Waals surface area contributed by atoms with Crippen LogP contribution in [0.4, 0.5) is 5.82 Å². The first-order chi connectivity index (χ1) is 9.69. The number of aryl methyl sites for hydroxylation is 1. The van der Waals surface area contributed by atoms with Crippen molar-refractivity contribution in [3.63, 3.8) is 0 Å². The number of nitrogen functional groups attached to an aromatic ring is 1. The van der Waals surface area contributed by atoms with Crippen LogP contribution in [-0.4, -0.2) is 4.98 Å². The monoisotopic (exact) mass is 289 g/mol. The maximum absolute atomic E-state index is 6.23. The van der Waals surface area contributed by atoms with Gasteiger partial charge in [-0.05, 0) is 55.0 Å². The van der Waals surface area contributed by atoms with Gasteiger partial charge in [0.2, 0.25) is 0 Å². The van der Waals surface area contributed by atoms with Gasteiger partial charge in [-0.25, -0.2) is 10.8 Å². The summed E-state index contributed by atoms with van der Waals surface area (Å²) in [6.07, 6.45) is 6.37. The van der Waals surface area contributed by atoms with Gasteiger partial charge in [-0.2, -0.15) is 0 Å². The van der Waals surface area contributed by atoms with Gasteiger partial charge >= 0.3 is 0 Å². The highest BCUT2D eigenvalue weighted by molar-refractivity contribution is 6.32. The quantitative estimate of drug-likeness (QED) is 0.631. The number of hydrazine groups is 1. The summed E-state index contributed by atoms with van der Waals surface area (Å²) in [7, 11) is 0. The predicted molar refractivity (Wildman–Crippen MR) is 85.1 cm³/mol. The van der Waals surface area contributed by atoms with Gasteiger partial charge in [0.15, 0.2) is 0 Å². The zero-order valence-electron chi connectivity index (χ0n) is 11.7. The van der Waals surface area contributed by atoms with E-state index in [1.807, 2.05) is 19.1 Å². The Bertz CT molecular complexity index is 633. The van der Waals surface area contributed by atoms with Crippen molar-refractivity contribution in [3.8, 4) is 0 Å². The molecule has 0 aliphatic heterocycles. The van der Waals surface area contributed by atoms with Gasteiger partial charge in [-0.1, -0.05) is 30.9 Å². The maximum Gasteiger partial charge on any atom is 0.144 e. The molecule has 20 heavy (non-hydrogen) atoms. The predicted octanol–water partition coefficient (Wildman–Crippen LogP) is 4.53. The molecular weight excluding hydrogens is 270 g/mol. The van der Waals surface area contributed by atoms with Crippen LogP contribution in [0.3, 0.4) is 0 Å². The van der Waals surface area contributed by atoms with E-state index in [2.05, 4.69) is 16.5 Å². The summed E-state index contributed by atoms with van der Waals surface area (Å²) in [5.74, 6) is 7.05. The number of hydrogen-bond donors (Lipinski definition) is 2. The zero-order valence-corrected chi connectivity index (χ0v) is 12.5. The molecule has 2 aromatic rings. The van der Waals surface area contributed by atoms with Crippen molar-refractivity contribution in [1.29, 1.82) is 0 Å². The topological polar surface area (TPSA) is 50.9 Å². The van der Waals surface area contributed by atoms with Crippen LogP contribution in [0.2, 0.25) is 5.02 Å². The summed E-state index contributed by atoms with van der Waals surface area (Å²) in [5, 5.41) is 1.89. The number of pyridine rings is 1. The molecule has 1 heterocycles. The number of nitrogens with two attached hydrogens (primary N) is 1. The first-order valence-corrected chi connectivity index (χ1v) is 7.64. The van der Waals surface area contributed by atoms with Gasteiger partial charge < -0.3 is 5.43 Å². The van der Waals surface area contributed by atoms with E-state index in [0.717, 1.165) is 27.3 Å². The molecule has 1 aromatic heterocycles. The number of nitrogens with zero attached hydrogens (tertiary/aromatic N) is 1. The van der Waals surface area contributed by atoms with Gasteiger partial charge in [0, 0.05) is 10.4 Å². The van der Waals surface area contributed by atoms with Crippen molar-refractivity contribution in [2.45, 2.75) is 44.9 Å². The molecule has 1 aromatic carbocycles. The molecule has 1 fully saturated rings. The van der Waals surface area contributed by atoms with Crippen molar-refractivity contribution >= 4 is 28.3 Å². The molecule has 0 amide bonds. The molecule has 0 radical (unpaired) electrons. The molecule has 0 bridgehead atoms. The highest BCUT2D eigenvalue weighted by atomic mass is 35.5. The van der Waals surface area contributed by atoms with Crippen molar-refractivity contribution in [2.24, 2.45) is 5.84 Å². The largest absolute Gasteiger partial charge is 0.308 e. The minimum absolute atomic E-state index is 0.562. The summed E-state index contributed by atoms with van der Waals surface area (Å²) < 4.78 is 0. The second kappa shape index (κ2) is 5.58. The van der Waals surface area contributed by atoms with E-state index in [4.69, 9.17) is 17.4 Å². The number of benzene rings is 1. The third-order valence-corrected chi connectivity index (χ3v) is 4.71. The third-order valence-electron chi connectivity index (χ3n) is 4.31. The van der Waals surface area contributed by atoms with Crippen molar-refractivity contribution in [3.05, 3.63) is 34.3 Å². The number of aromatic nitrogens is 1. The Morgan fingerprint density at radius 1 is 1.20 bits per heavy atom. The van der Waals surface area contributed by atoms with Gasteiger partial charge in [-0.15, -0.1) is 0 Å². The molecule has 3 nitrogen and oxygen atoms in total. The van der Waals surface area contributed by atoms with E-state index in [1.54, 1.807) is 0 Å². The average Bonchev–Trinajstić information content (AvgIpc) is 2.48. The van der Waals surface area contributed by atoms with Crippen LogP contribution in [0, 0.1) is 6.92 Å². The molecule has 3 rings (SSSR count). The fraction of sp³-hybridized carbons (Fsp3) is 0.438. The summed E-state index contributed by atoms with van der Waals surface area (Å²) in [4.78, 5) is 4.68. The molecule has 0 unspecified atom stereocenters. The Hall–Kier alpha value is -1.32. The van der Waals surface area contributed by atoms with Gasteiger partial charge in [0.25, 0.3) is 0 Å². The lowest BCUT2D eigenvalue weighted by molar-refractivity contribution is 0.444. The summed E-state index contributed by atoms with van der Waals surface area (Å²) in [5.41, 5.74) is 6.00. The molecule has 3 N–H and O–H groups in total. The van der Waals surface area contributed by atoms with Crippen LogP contribution >= 0.6 is 11.6 Å². The highest BCUT2D eigenvalue weighted by Gasteiger charge is 2.20. The van der Waals surface area contributed by atoms with E-state index in [-0.39, 0.29) is 0 Å². The first kappa shape index (κ1) is 13.7. The van der Waals surface area contributed by atoms with E-state index >= 15 is 0 Å². The molecule has 1 saturated carbocycles. The number of anilines is 1. The molecule has 1 aliphatic rings. The van der Waals surface area contributed by atoms with E-state index in [9.17, 15) is 0 Å². The second-order valence-corrected chi connectivity index (χ2v) is 6.11. The molecule has 0 spiro atoms. The number of rotatable bonds is 2. The average molecular weight is 290 g/mol. The summed E-state index contributed by atoms with van der Waals surface area (Å²) >= 11 is 6.23. The number of hydrogen-bond acceptors (Lipinski definition) is 3. The molecule has 1 aliphatic carbocycles. The summed E-state index contributed by atoms with van der Waals surface area (Å²) in [6.45, 7) is 1.99. The number of fused-ring (bicyclic) bond motifs is 1. The van der Waals surface area contributed by atoms with Gasteiger partial charge in [-0.3, -0.25) is 0 Å². The molecule has 106 valence electrons. The lowest BCUT2D eigenvalue weighted by Crippen LogP contribution is -2.14. The van der Waals surface area contributed by atoms with Crippen LogP contribution in [0.25, 0.3) is 10.9 Å². The van der Waals surface area contributed by atoms with E-state index in [0.29, 0.717) is 5.92 Å². The van der Waals surface area contributed by atoms with Crippen LogP contribution in [0.5, 0.6) is 0 Å². The second-order valence-electron chi connectivity index (χ2n) is 5.70. The Morgan fingerprint density at radius 2 is 1.95 bits per heavy atom. The fourth-order valence-electron chi connectivity index (χ4n) is 3.16. The number of halogens is 1. The normalized spacial score (nSPS) is 16.6. The lowest BCUT2D eigenvalue weighted by atomic mass is 9.84. The highest BCUT2D eigenvalue weighted by Crippen LogP contribution is 2.37. The Balaban J connectivity index is 2.12. The minimum Gasteiger partial charge on any atom is -0.308 e. The Labute approximate surface area is 124 Å².